The van der Waals surface area contributed by atoms with E-state index in [1.165, 1.54) is 5.56 Å². The first kappa shape index (κ1) is 16.5. The predicted molar refractivity (Wildman–Crippen MR) is 109 cm³/mol. The molecule has 0 aliphatic rings. The molecule has 2 N–H and O–H groups in total. The maximum atomic E-state index is 10.7. The molecule has 0 aliphatic carbocycles. The zero-order valence-electron chi connectivity index (χ0n) is 13.9. The highest BCUT2D eigenvalue weighted by Gasteiger charge is 2.17. The third-order valence-electron chi connectivity index (χ3n) is 4.64. The van der Waals surface area contributed by atoms with E-state index in [1.54, 1.807) is 17.4 Å². The Bertz CT molecular complexity index is 1070. The summed E-state index contributed by atoms with van der Waals surface area (Å²) in [6, 6.07) is 12.4. The standard InChI is InChI=1S/C20H17BrN2OS/c1-11(22-2)12-3-5-13(6-4-12)18-16(24)9-15(21)20-19(18)14-7-8-25-17(14)10-23-20/h3-11,22,24H,1-2H3/t11-/m1/s1. The van der Waals surface area contributed by atoms with Gasteiger partial charge < -0.3 is 10.4 Å². The summed E-state index contributed by atoms with van der Waals surface area (Å²) >= 11 is 5.20. The summed E-state index contributed by atoms with van der Waals surface area (Å²) in [5, 5.41) is 18.1. The lowest BCUT2D eigenvalue weighted by Crippen LogP contribution is -2.11. The number of halogens is 1. The number of pyridine rings is 1. The van der Waals surface area contributed by atoms with E-state index in [1.807, 2.05) is 13.2 Å². The van der Waals surface area contributed by atoms with E-state index in [4.69, 9.17) is 0 Å². The van der Waals surface area contributed by atoms with Crippen LogP contribution in [0.4, 0.5) is 0 Å². The normalized spacial score (nSPS) is 12.8. The lowest BCUT2D eigenvalue weighted by Gasteiger charge is -2.14. The minimum atomic E-state index is 0.259. The molecule has 0 aliphatic heterocycles. The van der Waals surface area contributed by atoms with Crippen LogP contribution in [0.25, 0.3) is 32.1 Å². The van der Waals surface area contributed by atoms with Crippen molar-refractivity contribution < 1.29 is 5.11 Å². The summed E-state index contributed by atoms with van der Waals surface area (Å²) in [6.45, 7) is 2.13. The van der Waals surface area contributed by atoms with E-state index in [-0.39, 0.29) is 11.8 Å². The summed E-state index contributed by atoms with van der Waals surface area (Å²) in [5.74, 6) is 0.259. The average molecular weight is 413 g/mol. The van der Waals surface area contributed by atoms with Gasteiger partial charge in [-0.15, -0.1) is 11.3 Å². The number of nitrogens with one attached hydrogen (secondary N) is 1. The molecule has 2 aromatic heterocycles. The maximum Gasteiger partial charge on any atom is 0.125 e. The van der Waals surface area contributed by atoms with Gasteiger partial charge in [0, 0.05) is 33.0 Å². The highest BCUT2D eigenvalue weighted by atomic mass is 79.9. The van der Waals surface area contributed by atoms with E-state index in [9.17, 15) is 5.11 Å². The number of hydrogen-bond donors (Lipinski definition) is 2. The van der Waals surface area contributed by atoms with Gasteiger partial charge in [0.15, 0.2) is 0 Å². The second-order valence-corrected chi connectivity index (χ2v) is 7.87. The van der Waals surface area contributed by atoms with Gasteiger partial charge in [0.25, 0.3) is 0 Å². The van der Waals surface area contributed by atoms with Crippen LogP contribution in [0.15, 0.2) is 52.4 Å². The van der Waals surface area contributed by atoms with Gasteiger partial charge in [0.05, 0.1) is 10.2 Å². The number of phenolic OH excluding ortho intramolecular Hbond substituents is 1. The third kappa shape index (κ3) is 2.72. The van der Waals surface area contributed by atoms with Crippen LogP contribution in [0.1, 0.15) is 18.5 Å². The molecular weight excluding hydrogens is 396 g/mol. The van der Waals surface area contributed by atoms with E-state index in [0.29, 0.717) is 0 Å². The molecule has 3 nitrogen and oxygen atoms in total. The molecule has 2 heterocycles. The summed E-state index contributed by atoms with van der Waals surface area (Å²) in [6.07, 6.45) is 1.89. The predicted octanol–water partition coefficient (Wildman–Crippen LogP) is 5.87. The zero-order chi connectivity index (χ0) is 17.6. The second-order valence-electron chi connectivity index (χ2n) is 6.07. The van der Waals surface area contributed by atoms with Gasteiger partial charge in [0.1, 0.15) is 5.75 Å². The van der Waals surface area contributed by atoms with Crippen molar-refractivity contribution in [3.8, 4) is 16.9 Å². The highest BCUT2D eigenvalue weighted by Crippen LogP contribution is 2.43. The van der Waals surface area contributed by atoms with Crippen molar-refractivity contribution in [3.05, 3.63) is 58.0 Å². The third-order valence-corrected chi connectivity index (χ3v) is 6.10. The molecule has 4 rings (SSSR count). The van der Waals surface area contributed by atoms with E-state index >= 15 is 0 Å². The Kier molecular flexibility index (Phi) is 4.23. The van der Waals surface area contributed by atoms with Crippen LogP contribution in [0.3, 0.4) is 0 Å². The van der Waals surface area contributed by atoms with E-state index in [2.05, 4.69) is 68.9 Å². The first-order chi connectivity index (χ1) is 12.1. The molecule has 0 saturated carbocycles. The van der Waals surface area contributed by atoms with Crippen molar-refractivity contribution in [3.63, 3.8) is 0 Å². The molecule has 0 saturated heterocycles. The molecule has 4 aromatic rings. The molecule has 0 bridgehead atoms. The smallest absolute Gasteiger partial charge is 0.125 e. The monoisotopic (exact) mass is 412 g/mol. The minimum absolute atomic E-state index is 0.259. The number of rotatable bonds is 3. The Hall–Kier alpha value is -1.95. The fraction of sp³-hybridized carbons (Fsp3) is 0.150. The fourth-order valence-corrected chi connectivity index (χ4v) is 4.44. The van der Waals surface area contributed by atoms with Crippen molar-refractivity contribution in [2.24, 2.45) is 0 Å². The zero-order valence-corrected chi connectivity index (χ0v) is 16.3. The first-order valence-corrected chi connectivity index (χ1v) is 9.72. The Morgan fingerprint density at radius 1 is 1.20 bits per heavy atom. The number of phenols is 1. The molecule has 1 atom stereocenters. The van der Waals surface area contributed by atoms with Crippen LogP contribution in [-0.2, 0) is 0 Å². The summed E-state index contributed by atoms with van der Waals surface area (Å²) < 4.78 is 1.92. The topological polar surface area (TPSA) is 45.1 Å². The van der Waals surface area contributed by atoms with Crippen molar-refractivity contribution in [1.29, 1.82) is 0 Å². The molecule has 0 unspecified atom stereocenters. The van der Waals surface area contributed by atoms with E-state index in [0.717, 1.165) is 36.6 Å². The van der Waals surface area contributed by atoms with Gasteiger partial charge in [-0.3, -0.25) is 4.98 Å². The second kappa shape index (κ2) is 6.41. The number of benzene rings is 2. The van der Waals surface area contributed by atoms with Gasteiger partial charge in [0.2, 0.25) is 0 Å². The van der Waals surface area contributed by atoms with E-state index < -0.39 is 0 Å². The number of aromatic hydroxyl groups is 1. The summed E-state index contributed by atoms with van der Waals surface area (Å²) in [4.78, 5) is 4.61. The SMILES string of the molecule is CN[C@H](C)c1ccc(-c2c(O)cc(Br)c3ncc4sccc4c23)cc1. The lowest BCUT2D eigenvalue weighted by molar-refractivity contribution is 0.477. The Morgan fingerprint density at radius 2 is 1.96 bits per heavy atom. The maximum absolute atomic E-state index is 10.7. The Balaban J connectivity index is 2.02. The number of fused-ring (bicyclic) bond motifs is 3. The number of nitrogens with zero attached hydrogens (tertiary/aromatic N) is 1. The van der Waals surface area contributed by atoms with Crippen LogP contribution in [0.2, 0.25) is 0 Å². The molecule has 0 fully saturated rings. The molecule has 5 heteroatoms. The fourth-order valence-electron chi connectivity index (χ4n) is 3.16. The highest BCUT2D eigenvalue weighted by molar-refractivity contribution is 9.10. The molecular formula is C20H17BrN2OS. The molecule has 25 heavy (non-hydrogen) atoms. The van der Waals surface area contributed by atoms with Crippen LogP contribution in [0.5, 0.6) is 5.75 Å². The van der Waals surface area contributed by atoms with Gasteiger partial charge in [-0.05, 0) is 58.5 Å². The molecule has 0 amide bonds. The van der Waals surface area contributed by atoms with Crippen LogP contribution >= 0.6 is 27.3 Å². The van der Waals surface area contributed by atoms with Crippen LogP contribution < -0.4 is 5.32 Å². The number of thiophene rings is 1. The van der Waals surface area contributed by atoms with Gasteiger partial charge in [-0.25, -0.2) is 0 Å². The van der Waals surface area contributed by atoms with Crippen LogP contribution in [0, 0.1) is 0 Å². The Labute approximate surface area is 158 Å². The summed E-state index contributed by atoms with van der Waals surface area (Å²) in [7, 11) is 1.95. The number of aromatic nitrogens is 1. The molecule has 2 aromatic carbocycles. The largest absolute Gasteiger partial charge is 0.507 e. The van der Waals surface area contributed by atoms with Crippen molar-refractivity contribution in [2.45, 2.75) is 13.0 Å². The van der Waals surface area contributed by atoms with Gasteiger partial charge in [-0.1, -0.05) is 24.3 Å². The number of hydrogen-bond acceptors (Lipinski definition) is 4. The van der Waals surface area contributed by atoms with Crippen molar-refractivity contribution in [2.75, 3.05) is 7.05 Å². The van der Waals surface area contributed by atoms with Gasteiger partial charge in [-0.2, -0.15) is 0 Å². The quantitative estimate of drug-likeness (QED) is 0.442. The molecule has 0 radical (unpaired) electrons. The minimum Gasteiger partial charge on any atom is -0.507 e. The average Bonchev–Trinajstić information content (AvgIpc) is 3.10. The van der Waals surface area contributed by atoms with Crippen LogP contribution in [-0.4, -0.2) is 17.1 Å². The van der Waals surface area contributed by atoms with Crippen molar-refractivity contribution in [1.82, 2.24) is 10.3 Å². The van der Waals surface area contributed by atoms with Crippen molar-refractivity contribution >= 4 is 48.3 Å². The Morgan fingerprint density at radius 3 is 2.68 bits per heavy atom. The molecule has 126 valence electrons. The van der Waals surface area contributed by atoms with Gasteiger partial charge >= 0.3 is 0 Å². The lowest BCUT2D eigenvalue weighted by atomic mass is 9.96. The summed E-state index contributed by atoms with van der Waals surface area (Å²) in [5.41, 5.74) is 3.90. The molecule has 0 spiro atoms. The first-order valence-electron chi connectivity index (χ1n) is 8.05.